The number of likely N-dealkylation sites (tertiary alicyclic amines) is 1. The number of carbonyl (C=O) groups is 2. The van der Waals surface area contributed by atoms with Crippen LogP contribution in [0.2, 0.25) is 0 Å². The Labute approximate surface area is 171 Å². The number of rotatable bonds is 4. The summed E-state index contributed by atoms with van der Waals surface area (Å²) in [4.78, 5) is 34.9. The lowest BCUT2D eigenvalue weighted by Gasteiger charge is -2.12. The highest BCUT2D eigenvalue weighted by molar-refractivity contribution is 6.00. The van der Waals surface area contributed by atoms with E-state index < -0.39 is 5.91 Å². The molecule has 152 valence electrons. The summed E-state index contributed by atoms with van der Waals surface area (Å²) >= 11 is 0. The molecule has 5 rings (SSSR count). The number of nitrogens with zero attached hydrogens (tertiary/aromatic N) is 6. The standard InChI is InChI=1S/C20H20N8O2/c1-22-16-7-15(25-20-13(18(21)30)8-24-28(16)20)14-10-27(11-6-17(29)26(2)9-11)19-12(14)4-3-5-23-19/h3-5,7-8,10-11,22H,6,9H2,1-2H3,(H2,21,30). The highest BCUT2D eigenvalue weighted by Crippen LogP contribution is 2.34. The van der Waals surface area contributed by atoms with Crippen LogP contribution < -0.4 is 11.1 Å². The quantitative estimate of drug-likeness (QED) is 0.528. The number of fused-ring (bicyclic) bond motifs is 2. The largest absolute Gasteiger partial charge is 0.373 e. The molecule has 0 aromatic carbocycles. The second kappa shape index (κ2) is 6.55. The average molecular weight is 404 g/mol. The number of nitrogens with two attached hydrogens (primary N) is 1. The van der Waals surface area contributed by atoms with Gasteiger partial charge in [-0.25, -0.2) is 9.97 Å². The van der Waals surface area contributed by atoms with E-state index >= 15 is 0 Å². The van der Waals surface area contributed by atoms with E-state index in [1.165, 1.54) is 6.20 Å². The van der Waals surface area contributed by atoms with Gasteiger partial charge in [0.1, 0.15) is 17.0 Å². The molecule has 1 aliphatic heterocycles. The minimum atomic E-state index is -0.590. The summed E-state index contributed by atoms with van der Waals surface area (Å²) in [6.45, 7) is 0.626. The third-order valence-electron chi connectivity index (χ3n) is 5.57. The molecular formula is C20H20N8O2. The van der Waals surface area contributed by atoms with Crippen molar-refractivity contribution >= 4 is 34.3 Å². The van der Waals surface area contributed by atoms with E-state index in [2.05, 4.69) is 15.4 Å². The second-order valence-corrected chi connectivity index (χ2v) is 7.39. The number of likely N-dealkylation sites (N-methyl/N-ethyl adjacent to an activating group) is 1. The van der Waals surface area contributed by atoms with Crippen LogP contribution in [0.15, 0.2) is 36.8 Å². The minimum Gasteiger partial charge on any atom is -0.373 e. The van der Waals surface area contributed by atoms with E-state index in [4.69, 9.17) is 10.7 Å². The predicted molar refractivity (Wildman–Crippen MR) is 111 cm³/mol. The molecule has 30 heavy (non-hydrogen) atoms. The van der Waals surface area contributed by atoms with Crippen LogP contribution in [0.4, 0.5) is 5.82 Å². The van der Waals surface area contributed by atoms with Crippen LogP contribution in [0.1, 0.15) is 22.8 Å². The van der Waals surface area contributed by atoms with E-state index in [9.17, 15) is 9.59 Å². The highest BCUT2D eigenvalue weighted by Gasteiger charge is 2.30. The molecule has 0 spiro atoms. The fourth-order valence-electron chi connectivity index (χ4n) is 4.04. The van der Waals surface area contributed by atoms with Gasteiger partial charge in [0.2, 0.25) is 5.91 Å². The van der Waals surface area contributed by atoms with Crippen molar-refractivity contribution in [3.05, 3.63) is 42.4 Å². The van der Waals surface area contributed by atoms with Crippen LogP contribution in [0, 0.1) is 0 Å². The molecule has 1 fully saturated rings. The number of hydrogen-bond donors (Lipinski definition) is 2. The Morgan fingerprint density at radius 3 is 2.87 bits per heavy atom. The lowest BCUT2D eigenvalue weighted by atomic mass is 10.1. The molecule has 10 nitrogen and oxygen atoms in total. The van der Waals surface area contributed by atoms with Gasteiger partial charge in [-0.2, -0.15) is 9.61 Å². The first-order valence-corrected chi connectivity index (χ1v) is 9.54. The second-order valence-electron chi connectivity index (χ2n) is 7.39. The fourth-order valence-corrected chi connectivity index (χ4v) is 4.04. The average Bonchev–Trinajstić information content (AvgIpc) is 3.42. The van der Waals surface area contributed by atoms with E-state index in [-0.39, 0.29) is 17.5 Å². The molecule has 1 atom stereocenters. The van der Waals surface area contributed by atoms with Crippen molar-refractivity contribution in [3.8, 4) is 11.3 Å². The first-order chi connectivity index (χ1) is 14.5. The summed E-state index contributed by atoms with van der Waals surface area (Å²) in [5.41, 5.74) is 8.44. The van der Waals surface area contributed by atoms with Crippen molar-refractivity contribution in [2.45, 2.75) is 12.5 Å². The Morgan fingerprint density at radius 1 is 1.33 bits per heavy atom. The number of pyridine rings is 1. The SMILES string of the molecule is CNc1cc(-c2cn(C3CC(=O)N(C)C3)c3ncccc23)nc2c(C(N)=O)cnn12. The summed E-state index contributed by atoms with van der Waals surface area (Å²) in [6.07, 6.45) is 5.56. The van der Waals surface area contributed by atoms with Gasteiger partial charge in [0.15, 0.2) is 5.65 Å². The third kappa shape index (κ3) is 2.60. The van der Waals surface area contributed by atoms with E-state index in [0.717, 1.165) is 16.6 Å². The van der Waals surface area contributed by atoms with Crippen LogP contribution in [-0.4, -0.2) is 61.5 Å². The van der Waals surface area contributed by atoms with Gasteiger partial charge in [0, 0.05) is 56.5 Å². The Hall–Kier alpha value is -3.95. The summed E-state index contributed by atoms with van der Waals surface area (Å²) in [6, 6.07) is 5.71. The number of hydrogen-bond acceptors (Lipinski definition) is 6. The van der Waals surface area contributed by atoms with Crippen molar-refractivity contribution in [1.29, 1.82) is 0 Å². The molecule has 1 aliphatic rings. The topological polar surface area (TPSA) is 123 Å². The van der Waals surface area contributed by atoms with Crippen LogP contribution in [0.3, 0.4) is 0 Å². The molecule has 4 aromatic rings. The van der Waals surface area contributed by atoms with Crippen molar-refractivity contribution in [1.82, 2.24) is 29.0 Å². The highest BCUT2D eigenvalue weighted by atomic mass is 16.2. The zero-order chi connectivity index (χ0) is 21.0. The van der Waals surface area contributed by atoms with Crippen LogP contribution in [0.25, 0.3) is 27.9 Å². The number of nitrogens with one attached hydrogen (secondary N) is 1. The molecule has 0 bridgehead atoms. The predicted octanol–water partition coefficient (Wildman–Crippen LogP) is 1.29. The summed E-state index contributed by atoms with van der Waals surface area (Å²) in [7, 11) is 3.58. The maximum Gasteiger partial charge on any atom is 0.254 e. The fraction of sp³-hybridized carbons (Fsp3) is 0.250. The van der Waals surface area contributed by atoms with Crippen LogP contribution in [-0.2, 0) is 4.79 Å². The zero-order valence-electron chi connectivity index (χ0n) is 16.5. The number of anilines is 1. The Kier molecular flexibility index (Phi) is 3.95. The smallest absolute Gasteiger partial charge is 0.254 e. The number of carbonyl (C=O) groups excluding carboxylic acids is 2. The molecule has 5 heterocycles. The first kappa shape index (κ1) is 18.1. The number of primary amides is 1. The molecule has 4 aromatic heterocycles. The monoisotopic (exact) mass is 404 g/mol. The van der Waals surface area contributed by atoms with Crippen molar-refractivity contribution in [3.63, 3.8) is 0 Å². The van der Waals surface area contributed by atoms with Crippen LogP contribution in [0.5, 0.6) is 0 Å². The molecule has 10 heteroatoms. The van der Waals surface area contributed by atoms with Gasteiger partial charge in [-0.3, -0.25) is 9.59 Å². The molecule has 1 saturated heterocycles. The molecule has 0 radical (unpaired) electrons. The summed E-state index contributed by atoms with van der Waals surface area (Å²) in [5.74, 6) is 0.193. The van der Waals surface area contributed by atoms with Gasteiger partial charge < -0.3 is 20.5 Å². The van der Waals surface area contributed by atoms with E-state index in [1.807, 2.05) is 36.0 Å². The van der Waals surface area contributed by atoms with E-state index in [1.54, 1.807) is 22.7 Å². The maximum atomic E-state index is 12.1. The van der Waals surface area contributed by atoms with Gasteiger partial charge in [-0.1, -0.05) is 0 Å². The third-order valence-corrected chi connectivity index (χ3v) is 5.57. The van der Waals surface area contributed by atoms with E-state index in [0.29, 0.717) is 30.1 Å². The normalized spacial score (nSPS) is 16.7. The van der Waals surface area contributed by atoms with Crippen molar-refractivity contribution in [2.24, 2.45) is 5.73 Å². The molecule has 0 saturated carbocycles. The zero-order valence-corrected chi connectivity index (χ0v) is 16.5. The van der Waals surface area contributed by atoms with Gasteiger partial charge in [0.25, 0.3) is 5.91 Å². The lowest BCUT2D eigenvalue weighted by Crippen LogP contribution is -2.19. The minimum absolute atomic E-state index is 0.00250. The van der Waals surface area contributed by atoms with Gasteiger partial charge in [-0.15, -0.1) is 0 Å². The molecule has 0 aliphatic carbocycles. The number of amides is 2. The first-order valence-electron chi connectivity index (χ1n) is 9.54. The Balaban J connectivity index is 1.74. The molecular weight excluding hydrogens is 384 g/mol. The lowest BCUT2D eigenvalue weighted by molar-refractivity contribution is -0.126. The molecule has 1 unspecified atom stereocenters. The Bertz CT molecular complexity index is 1320. The molecule has 2 amide bonds. The van der Waals surface area contributed by atoms with Gasteiger partial charge >= 0.3 is 0 Å². The summed E-state index contributed by atoms with van der Waals surface area (Å²) < 4.78 is 3.59. The number of aromatic nitrogens is 5. The summed E-state index contributed by atoms with van der Waals surface area (Å²) in [5, 5.41) is 8.23. The van der Waals surface area contributed by atoms with Gasteiger partial charge in [0.05, 0.1) is 17.9 Å². The van der Waals surface area contributed by atoms with Crippen molar-refractivity contribution < 1.29 is 9.59 Å². The van der Waals surface area contributed by atoms with Crippen molar-refractivity contribution in [2.75, 3.05) is 26.0 Å². The Morgan fingerprint density at radius 2 is 2.17 bits per heavy atom. The molecule has 3 N–H and O–H groups in total. The van der Waals surface area contributed by atoms with Gasteiger partial charge in [-0.05, 0) is 12.1 Å². The maximum absolute atomic E-state index is 12.1. The van der Waals surface area contributed by atoms with Crippen LogP contribution >= 0.6 is 0 Å².